The number of aryl methyl sites for hydroxylation is 2. The molecule has 0 aliphatic rings. The van der Waals surface area contributed by atoms with E-state index in [0.717, 1.165) is 22.3 Å². The maximum atomic E-state index is 11.7. The first-order chi connectivity index (χ1) is 11.4. The third-order valence-electron chi connectivity index (χ3n) is 3.51. The number of hydrogen-bond donors (Lipinski definition) is 0. The standard InChI is InChI=1S/C20H20O4/c1-13-7-15(11-17(9-13)19(21)23-3)5-6-16-8-14(2)10-18(12-16)20(22)24-4/h5-12H,1-4H3/b6-5+. The molecule has 24 heavy (non-hydrogen) atoms. The van der Waals surface area contributed by atoms with Crippen LogP contribution in [-0.4, -0.2) is 26.2 Å². The van der Waals surface area contributed by atoms with Gasteiger partial charge < -0.3 is 9.47 Å². The van der Waals surface area contributed by atoms with Gasteiger partial charge in [-0.2, -0.15) is 0 Å². The molecule has 0 radical (unpaired) electrons. The van der Waals surface area contributed by atoms with Crippen molar-refractivity contribution in [3.8, 4) is 0 Å². The Morgan fingerprint density at radius 2 is 1.08 bits per heavy atom. The average Bonchev–Trinajstić information content (AvgIpc) is 2.57. The lowest BCUT2D eigenvalue weighted by atomic mass is 10.0. The predicted octanol–water partition coefficient (Wildman–Crippen LogP) is 4.05. The zero-order valence-corrected chi connectivity index (χ0v) is 14.3. The Morgan fingerprint density at radius 3 is 1.42 bits per heavy atom. The van der Waals surface area contributed by atoms with Gasteiger partial charge in [0.05, 0.1) is 25.3 Å². The Hall–Kier alpha value is -2.88. The quantitative estimate of drug-likeness (QED) is 0.629. The third kappa shape index (κ3) is 4.32. The van der Waals surface area contributed by atoms with Gasteiger partial charge in [-0.3, -0.25) is 0 Å². The number of carbonyl (C=O) groups excluding carboxylic acids is 2. The number of hydrogen-bond acceptors (Lipinski definition) is 4. The summed E-state index contributed by atoms with van der Waals surface area (Å²) in [6.07, 6.45) is 3.80. The van der Waals surface area contributed by atoms with Gasteiger partial charge in [0.1, 0.15) is 0 Å². The van der Waals surface area contributed by atoms with Crippen LogP contribution in [0.2, 0.25) is 0 Å². The molecule has 0 aliphatic heterocycles. The summed E-state index contributed by atoms with van der Waals surface area (Å²) in [6.45, 7) is 3.84. The fourth-order valence-corrected chi connectivity index (χ4v) is 2.48. The molecule has 2 aromatic carbocycles. The number of methoxy groups -OCH3 is 2. The molecule has 0 unspecified atom stereocenters. The van der Waals surface area contributed by atoms with Gasteiger partial charge in [-0.1, -0.05) is 24.3 Å². The number of esters is 2. The highest BCUT2D eigenvalue weighted by Gasteiger charge is 2.08. The van der Waals surface area contributed by atoms with Crippen molar-refractivity contribution in [3.63, 3.8) is 0 Å². The lowest BCUT2D eigenvalue weighted by molar-refractivity contribution is 0.0591. The Bertz CT molecular complexity index is 736. The summed E-state index contributed by atoms with van der Waals surface area (Å²) in [6, 6.07) is 11.1. The van der Waals surface area contributed by atoms with Crippen molar-refractivity contribution in [1.29, 1.82) is 0 Å². The highest BCUT2D eigenvalue weighted by atomic mass is 16.5. The van der Waals surface area contributed by atoms with Gasteiger partial charge in [0.25, 0.3) is 0 Å². The Kier molecular flexibility index (Phi) is 5.53. The van der Waals surface area contributed by atoms with E-state index >= 15 is 0 Å². The van der Waals surface area contributed by atoms with Crippen LogP contribution < -0.4 is 0 Å². The molecule has 0 fully saturated rings. The van der Waals surface area contributed by atoms with Crippen LogP contribution in [0.5, 0.6) is 0 Å². The lowest BCUT2D eigenvalue weighted by Crippen LogP contribution is -2.02. The fraction of sp³-hybridized carbons (Fsp3) is 0.200. The maximum Gasteiger partial charge on any atom is 0.337 e. The molecule has 2 aromatic rings. The van der Waals surface area contributed by atoms with Gasteiger partial charge in [0, 0.05) is 0 Å². The minimum absolute atomic E-state index is 0.364. The van der Waals surface area contributed by atoms with Crippen molar-refractivity contribution >= 4 is 24.1 Å². The molecule has 0 saturated heterocycles. The van der Waals surface area contributed by atoms with Crippen molar-refractivity contribution in [2.45, 2.75) is 13.8 Å². The minimum atomic E-state index is -0.364. The van der Waals surface area contributed by atoms with Crippen molar-refractivity contribution < 1.29 is 19.1 Å². The Balaban J connectivity index is 2.34. The van der Waals surface area contributed by atoms with E-state index in [2.05, 4.69) is 0 Å². The number of carbonyl (C=O) groups is 2. The first-order valence-electron chi connectivity index (χ1n) is 7.51. The first kappa shape index (κ1) is 17.5. The normalized spacial score (nSPS) is 10.7. The topological polar surface area (TPSA) is 52.6 Å². The zero-order valence-electron chi connectivity index (χ0n) is 14.3. The van der Waals surface area contributed by atoms with Gasteiger partial charge >= 0.3 is 11.9 Å². The van der Waals surface area contributed by atoms with Crippen molar-refractivity contribution in [3.05, 3.63) is 69.8 Å². The van der Waals surface area contributed by atoms with Crippen molar-refractivity contribution in [2.75, 3.05) is 14.2 Å². The molecule has 4 nitrogen and oxygen atoms in total. The van der Waals surface area contributed by atoms with Gasteiger partial charge in [0.2, 0.25) is 0 Å². The molecule has 0 saturated carbocycles. The molecule has 2 rings (SSSR count). The van der Waals surface area contributed by atoms with Crippen LogP contribution in [0.1, 0.15) is 43.0 Å². The highest BCUT2D eigenvalue weighted by Crippen LogP contribution is 2.17. The molecule has 4 heteroatoms. The maximum absolute atomic E-state index is 11.7. The smallest absolute Gasteiger partial charge is 0.337 e. The molecule has 0 aliphatic carbocycles. The summed E-state index contributed by atoms with van der Waals surface area (Å²) in [4.78, 5) is 23.4. The minimum Gasteiger partial charge on any atom is -0.465 e. The van der Waals surface area contributed by atoms with E-state index in [-0.39, 0.29) is 11.9 Å². The predicted molar refractivity (Wildman–Crippen MR) is 94.0 cm³/mol. The first-order valence-corrected chi connectivity index (χ1v) is 7.51. The second-order valence-corrected chi connectivity index (χ2v) is 5.58. The third-order valence-corrected chi connectivity index (χ3v) is 3.51. The van der Waals surface area contributed by atoms with Gasteiger partial charge in [0.15, 0.2) is 0 Å². The number of rotatable bonds is 4. The molecule has 0 bridgehead atoms. The summed E-state index contributed by atoms with van der Waals surface area (Å²) in [5.41, 5.74) is 4.73. The zero-order chi connectivity index (χ0) is 17.7. The highest BCUT2D eigenvalue weighted by molar-refractivity contribution is 5.92. The van der Waals surface area contributed by atoms with Crippen LogP contribution in [-0.2, 0) is 9.47 Å². The van der Waals surface area contributed by atoms with Crippen LogP contribution in [0, 0.1) is 13.8 Å². The SMILES string of the molecule is COC(=O)c1cc(C)cc(/C=C/c2cc(C)cc(C(=O)OC)c2)c1. The Labute approximate surface area is 141 Å². The molecule has 0 aromatic heterocycles. The van der Waals surface area contributed by atoms with E-state index in [1.54, 1.807) is 24.3 Å². The monoisotopic (exact) mass is 324 g/mol. The number of benzene rings is 2. The molecule has 124 valence electrons. The second kappa shape index (κ2) is 7.59. The van der Waals surface area contributed by atoms with Crippen LogP contribution >= 0.6 is 0 Å². The van der Waals surface area contributed by atoms with Crippen LogP contribution in [0.3, 0.4) is 0 Å². The largest absolute Gasteiger partial charge is 0.465 e. The van der Waals surface area contributed by atoms with E-state index in [4.69, 9.17) is 9.47 Å². The van der Waals surface area contributed by atoms with E-state index in [0.29, 0.717) is 11.1 Å². The summed E-state index contributed by atoms with van der Waals surface area (Å²) in [5.74, 6) is -0.728. The summed E-state index contributed by atoms with van der Waals surface area (Å²) < 4.78 is 9.53. The van der Waals surface area contributed by atoms with Crippen molar-refractivity contribution in [1.82, 2.24) is 0 Å². The molecule has 0 atom stereocenters. The summed E-state index contributed by atoms with van der Waals surface area (Å²) in [5, 5.41) is 0. The van der Waals surface area contributed by atoms with Crippen LogP contribution in [0.15, 0.2) is 36.4 Å². The second-order valence-electron chi connectivity index (χ2n) is 5.58. The summed E-state index contributed by atoms with van der Waals surface area (Å²) in [7, 11) is 2.72. The molecule has 0 N–H and O–H groups in total. The van der Waals surface area contributed by atoms with Crippen LogP contribution in [0.25, 0.3) is 12.2 Å². The Morgan fingerprint density at radius 1 is 0.708 bits per heavy atom. The van der Waals surface area contributed by atoms with Crippen molar-refractivity contribution in [2.24, 2.45) is 0 Å². The lowest BCUT2D eigenvalue weighted by Gasteiger charge is -2.05. The molecular weight excluding hydrogens is 304 g/mol. The van der Waals surface area contributed by atoms with Gasteiger partial charge in [-0.15, -0.1) is 0 Å². The summed E-state index contributed by atoms with van der Waals surface area (Å²) >= 11 is 0. The van der Waals surface area contributed by atoms with E-state index in [9.17, 15) is 9.59 Å². The molecule has 0 amide bonds. The molecule has 0 spiro atoms. The number of ether oxygens (including phenoxy) is 2. The van der Waals surface area contributed by atoms with Crippen LogP contribution in [0.4, 0.5) is 0 Å². The van der Waals surface area contributed by atoms with Gasteiger partial charge in [-0.25, -0.2) is 9.59 Å². The molecular formula is C20H20O4. The van der Waals surface area contributed by atoms with E-state index in [1.807, 2.05) is 38.1 Å². The average molecular weight is 324 g/mol. The van der Waals surface area contributed by atoms with E-state index < -0.39 is 0 Å². The molecule has 0 heterocycles. The van der Waals surface area contributed by atoms with Gasteiger partial charge in [-0.05, 0) is 60.4 Å². The fourth-order valence-electron chi connectivity index (χ4n) is 2.48. The van der Waals surface area contributed by atoms with E-state index in [1.165, 1.54) is 14.2 Å².